The van der Waals surface area contributed by atoms with Crippen LogP contribution in [0, 0.1) is 0 Å². The maximum absolute atomic E-state index is 15.1. The van der Waals surface area contributed by atoms with Gasteiger partial charge in [-0.15, -0.1) is 0 Å². The highest BCUT2D eigenvalue weighted by Gasteiger charge is 2.50. The predicted octanol–water partition coefficient (Wildman–Crippen LogP) is 6.34. The summed E-state index contributed by atoms with van der Waals surface area (Å²) in [4.78, 5) is 23.4. The highest BCUT2D eigenvalue weighted by molar-refractivity contribution is 8.15. The second-order valence-corrected chi connectivity index (χ2v) is 10.5. The molecule has 7 nitrogen and oxygen atoms in total. The van der Waals surface area contributed by atoms with E-state index in [0.29, 0.717) is 30.7 Å². The predicted molar refractivity (Wildman–Crippen MR) is 144 cm³/mol. The summed E-state index contributed by atoms with van der Waals surface area (Å²) in [5.41, 5.74) is 1.32. The summed E-state index contributed by atoms with van der Waals surface area (Å²) >= 11 is 0.330. The molecule has 1 aromatic heterocycles. The smallest absolute Gasteiger partial charge is 0.289 e. The Balaban J connectivity index is 1.17. The fourth-order valence-electron chi connectivity index (χ4n) is 5.01. The van der Waals surface area contributed by atoms with Crippen LogP contribution in [0.1, 0.15) is 43.9 Å². The second kappa shape index (κ2) is 11.1. The molecule has 0 saturated carbocycles. The zero-order valence-electron chi connectivity index (χ0n) is 21.0. The average molecular weight is 537 g/mol. The van der Waals surface area contributed by atoms with Crippen molar-refractivity contribution >= 4 is 33.9 Å². The SMILES string of the molecule is CCCC1(c2noc3ccccc23)C=CC=CC1OCCCCOc1cccc(C2(F)SC(=O)NC2=O)c1. The molecule has 5 rings (SSSR count). The number of fused-ring (bicyclic) bond motifs is 1. The number of allylic oxidation sites excluding steroid dienone is 2. The number of unbranched alkanes of at least 4 members (excludes halogenated alkanes) is 1. The topological polar surface area (TPSA) is 90.7 Å². The van der Waals surface area contributed by atoms with Gasteiger partial charge in [0.25, 0.3) is 16.1 Å². The van der Waals surface area contributed by atoms with Crippen molar-refractivity contribution in [3.8, 4) is 5.75 Å². The Morgan fingerprint density at radius 2 is 1.95 bits per heavy atom. The molecular formula is C29H29FN2O5S. The van der Waals surface area contributed by atoms with E-state index in [1.54, 1.807) is 12.1 Å². The Morgan fingerprint density at radius 3 is 2.76 bits per heavy atom. The minimum atomic E-state index is -2.44. The van der Waals surface area contributed by atoms with Gasteiger partial charge in [-0.3, -0.25) is 14.9 Å². The third-order valence-corrected chi connectivity index (χ3v) is 7.82. The number of amides is 2. The Bertz CT molecular complexity index is 1390. The molecule has 9 heteroatoms. The molecule has 2 aliphatic rings. The van der Waals surface area contributed by atoms with Gasteiger partial charge in [-0.1, -0.05) is 67.1 Å². The van der Waals surface area contributed by atoms with Crippen LogP contribution in [0.15, 0.2) is 77.4 Å². The molecule has 3 aromatic rings. The first kappa shape index (κ1) is 26.2. The second-order valence-electron chi connectivity index (χ2n) is 9.38. The van der Waals surface area contributed by atoms with E-state index in [-0.39, 0.29) is 11.7 Å². The Hall–Kier alpha value is -3.43. The number of imide groups is 1. The summed E-state index contributed by atoms with van der Waals surface area (Å²) in [5.74, 6) is -0.528. The molecule has 1 saturated heterocycles. The number of carbonyl (C=O) groups excluding carboxylic acids is 2. The van der Waals surface area contributed by atoms with E-state index in [0.717, 1.165) is 42.3 Å². The summed E-state index contributed by atoms with van der Waals surface area (Å²) in [6.07, 6.45) is 11.4. The molecule has 0 spiro atoms. The van der Waals surface area contributed by atoms with Gasteiger partial charge in [-0.05, 0) is 55.3 Å². The first-order chi connectivity index (χ1) is 18.5. The van der Waals surface area contributed by atoms with Gasteiger partial charge in [0.2, 0.25) is 0 Å². The van der Waals surface area contributed by atoms with Gasteiger partial charge in [0, 0.05) is 17.6 Å². The first-order valence-electron chi connectivity index (χ1n) is 12.8. The van der Waals surface area contributed by atoms with Crippen LogP contribution in [0.3, 0.4) is 0 Å². The lowest BCUT2D eigenvalue weighted by molar-refractivity contribution is -0.126. The number of alkyl halides is 1. The van der Waals surface area contributed by atoms with Crippen molar-refractivity contribution in [1.82, 2.24) is 10.5 Å². The number of hydrogen-bond acceptors (Lipinski definition) is 7. The largest absolute Gasteiger partial charge is 0.494 e. The van der Waals surface area contributed by atoms with E-state index in [9.17, 15) is 9.59 Å². The maximum atomic E-state index is 15.1. The number of hydrogen-bond donors (Lipinski definition) is 1. The number of halogens is 1. The number of carbonyl (C=O) groups is 2. The van der Waals surface area contributed by atoms with Crippen molar-refractivity contribution in [3.63, 3.8) is 0 Å². The monoisotopic (exact) mass is 536 g/mol. The molecule has 2 heterocycles. The van der Waals surface area contributed by atoms with Crippen molar-refractivity contribution in [2.24, 2.45) is 0 Å². The highest BCUT2D eigenvalue weighted by Crippen LogP contribution is 2.44. The minimum Gasteiger partial charge on any atom is -0.494 e. The van der Waals surface area contributed by atoms with Crippen LogP contribution in [-0.4, -0.2) is 35.6 Å². The Kier molecular flexibility index (Phi) is 7.67. The summed E-state index contributed by atoms with van der Waals surface area (Å²) in [6.45, 7) is 3.08. The lowest BCUT2D eigenvalue weighted by Crippen LogP contribution is -2.40. The molecular weight excluding hydrogens is 507 g/mol. The van der Waals surface area contributed by atoms with E-state index < -0.39 is 21.6 Å². The van der Waals surface area contributed by atoms with Gasteiger partial charge in [0.1, 0.15) is 11.4 Å². The molecule has 3 atom stereocenters. The number of ether oxygens (including phenoxy) is 2. The highest BCUT2D eigenvalue weighted by atomic mass is 32.2. The fraction of sp³-hybridized carbons (Fsp3) is 0.345. The van der Waals surface area contributed by atoms with Gasteiger partial charge in [0.15, 0.2) is 5.58 Å². The van der Waals surface area contributed by atoms with Crippen LogP contribution in [-0.2, 0) is 19.9 Å². The van der Waals surface area contributed by atoms with E-state index in [1.807, 2.05) is 41.7 Å². The molecule has 1 fully saturated rings. The molecule has 0 bridgehead atoms. The zero-order chi connectivity index (χ0) is 26.6. The summed E-state index contributed by atoms with van der Waals surface area (Å²) < 4.78 is 32.9. The molecule has 2 aromatic carbocycles. The summed E-state index contributed by atoms with van der Waals surface area (Å²) in [6, 6.07) is 14.1. The molecule has 198 valence electrons. The average Bonchev–Trinajstić information content (AvgIpc) is 3.47. The van der Waals surface area contributed by atoms with Crippen LogP contribution in [0.2, 0.25) is 0 Å². The van der Waals surface area contributed by atoms with Crippen LogP contribution < -0.4 is 10.1 Å². The molecule has 2 amide bonds. The summed E-state index contributed by atoms with van der Waals surface area (Å²) in [7, 11) is 0. The first-order valence-corrected chi connectivity index (χ1v) is 13.6. The van der Waals surface area contributed by atoms with Crippen molar-refractivity contribution < 1.29 is 28.0 Å². The van der Waals surface area contributed by atoms with Crippen LogP contribution >= 0.6 is 11.8 Å². The zero-order valence-corrected chi connectivity index (χ0v) is 21.8. The molecule has 3 unspecified atom stereocenters. The van der Waals surface area contributed by atoms with E-state index in [1.165, 1.54) is 12.1 Å². The Labute approximate surface area is 224 Å². The fourth-order valence-corrected chi connectivity index (χ4v) is 5.80. The van der Waals surface area contributed by atoms with Gasteiger partial charge in [-0.25, -0.2) is 4.39 Å². The van der Waals surface area contributed by atoms with Crippen molar-refractivity contribution in [2.75, 3.05) is 13.2 Å². The number of para-hydroxylation sites is 1. The summed E-state index contributed by atoms with van der Waals surface area (Å²) in [5, 5.41) is 4.31. The number of nitrogens with one attached hydrogen (secondary N) is 1. The van der Waals surface area contributed by atoms with Crippen LogP contribution in [0.4, 0.5) is 9.18 Å². The molecule has 1 aliphatic carbocycles. The van der Waals surface area contributed by atoms with Gasteiger partial charge >= 0.3 is 0 Å². The normalized spacial score (nSPS) is 24.7. The Morgan fingerprint density at radius 1 is 1.11 bits per heavy atom. The van der Waals surface area contributed by atoms with Crippen LogP contribution in [0.25, 0.3) is 11.0 Å². The van der Waals surface area contributed by atoms with Crippen molar-refractivity contribution in [1.29, 1.82) is 0 Å². The number of nitrogens with zero attached hydrogens (tertiary/aromatic N) is 1. The standard InChI is InChI=1S/C29H29FN2O5S/c1-2-15-28(25-22-12-3-4-13-23(22)37-32-25)16-6-5-14-24(28)36-18-8-7-17-35-21-11-9-10-20(19-21)29(30)26(33)31-27(34)38-29/h3-6,9-14,16,19,24H,2,7-8,15,17-18H2,1H3,(H,31,33,34). The third-order valence-electron chi connectivity index (χ3n) is 6.83. The number of aromatic nitrogens is 1. The van der Waals surface area contributed by atoms with Gasteiger partial charge in [0.05, 0.1) is 18.1 Å². The van der Waals surface area contributed by atoms with Gasteiger partial charge < -0.3 is 14.0 Å². The number of thioether (sulfide) groups is 1. The lowest BCUT2D eigenvalue weighted by Gasteiger charge is -2.37. The maximum Gasteiger partial charge on any atom is 0.289 e. The van der Waals surface area contributed by atoms with E-state index >= 15 is 4.39 Å². The number of rotatable bonds is 11. The van der Waals surface area contributed by atoms with E-state index in [2.05, 4.69) is 24.2 Å². The van der Waals surface area contributed by atoms with E-state index in [4.69, 9.17) is 14.0 Å². The van der Waals surface area contributed by atoms with Crippen LogP contribution in [0.5, 0.6) is 5.75 Å². The third kappa shape index (κ3) is 5.00. The lowest BCUT2D eigenvalue weighted by atomic mass is 9.72. The minimum absolute atomic E-state index is 0.0801. The molecule has 1 N–H and O–H groups in total. The molecule has 1 aliphatic heterocycles. The van der Waals surface area contributed by atoms with Crippen molar-refractivity contribution in [3.05, 3.63) is 84.1 Å². The molecule has 0 radical (unpaired) electrons. The van der Waals surface area contributed by atoms with Gasteiger partial charge in [-0.2, -0.15) is 0 Å². The molecule has 38 heavy (non-hydrogen) atoms. The van der Waals surface area contributed by atoms with Crippen molar-refractivity contribution in [2.45, 2.75) is 49.1 Å². The quantitative estimate of drug-likeness (QED) is 0.286. The number of benzene rings is 2.